The van der Waals surface area contributed by atoms with E-state index in [1.165, 1.54) is 0 Å². The molecule has 1 aromatic rings. The molecule has 1 aromatic carbocycles. The van der Waals surface area contributed by atoms with Crippen molar-refractivity contribution in [3.63, 3.8) is 0 Å². The summed E-state index contributed by atoms with van der Waals surface area (Å²) >= 11 is 0. The predicted octanol–water partition coefficient (Wildman–Crippen LogP) is 1.20. The van der Waals surface area contributed by atoms with Crippen LogP contribution in [0.25, 0.3) is 0 Å². The van der Waals surface area contributed by atoms with Gasteiger partial charge in [-0.3, -0.25) is 4.90 Å². The van der Waals surface area contributed by atoms with Gasteiger partial charge in [-0.25, -0.2) is 4.79 Å². The van der Waals surface area contributed by atoms with Crippen molar-refractivity contribution < 1.29 is 9.53 Å². The van der Waals surface area contributed by atoms with Crippen molar-refractivity contribution in [3.05, 3.63) is 29.8 Å². The molecule has 0 radical (unpaired) electrons. The fourth-order valence-electron chi connectivity index (χ4n) is 2.13. The number of carbonyl (C=O) groups excluding carboxylic acids is 1. The third-order valence-electron chi connectivity index (χ3n) is 3.23. The lowest BCUT2D eigenvalue weighted by atomic mass is 10.2. The number of carbonyl (C=O) groups is 1. The van der Waals surface area contributed by atoms with Gasteiger partial charge >= 0.3 is 6.03 Å². The van der Waals surface area contributed by atoms with E-state index in [9.17, 15) is 4.79 Å². The molecule has 0 bridgehead atoms. The lowest BCUT2D eigenvalue weighted by molar-refractivity contribution is 0.215. The van der Waals surface area contributed by atoms with Crippen molar-refractivity contribution in [3.8, 4) is 6.07 Å². The average Bonchev–Trinajstić information content (AvgIpc) is 3.15. The zero-order valence-electron chi connectivity index (χ0n) is 9.87. The highest BCUT2D eigenvalue weighted by Gasteiger charge is 2.34. The maximum absolute atomic E-state index is 12.2. The summed E-state index contributed by atoms with van der Waals surface area (Å²) < 4.78 is 5.14. The molecule has 92 valence electrons. The Balaban J connectivity index is 1.72. The molecule has 1 atom stereocenters. The Labute approximate surface area is 105 Å². The van der Waals surface area contributed by atoms with Crippen molar-refractivity contribution in [1.82, 2.24) is 4.90 Å². The van der Waals surface area contributed by atoms with Gasteiger partial charge < -0.3 is 9.64 Å². The van der Waals surface area contributed by atoms with Crippen LogP contribution in [0.1, 0.15) is 5.56 Å². The van der Waals surface area contributed by atoms with Gasteiger partial charge in [0.25, 0.3) is 0 Å². The van der Waals surface area contributed by atoms with E-state index in [0.29, 0.717) is 18.7 Å². The second kappa shape index (κ2) is 4.31. The Morgan fingerprint density at radius 1 is 1.33 bits per heavy atom. The molecule has 18 heavy (non-hydrogen) atoms. The molecule has 3 rings (SSSR count). The van der Waals surface area contributed by atoms with E-state index in [4.69, 9.17) is 10.00 Å². The van der Waals surface area contributed by atoms with Crippen LogP contribution in [-0.2, 0) is 4.74 Å². The molecule has 5 nitrogen and oxygen atoms in total. The van der Waals surface area contributed by atoms with Crippen LogP contribution >= 0.6 is 0 Å². The Kier molecular flexibility index (Phi) is 2.65. The minimum atomic E-state index is 0.0233. The second-order valence-electron chi connectivity index (χ2n) is 4.49. The molecule has 2 aliphatic heterocycles. The molecule has 0 spiro atoms. The first-order valence-electron chi connectivity index (χ1n) is 5.96. The summed E-state index contributed by atoms with van der Waals surface area (Å²) in [5.74, 6) is 0. The summed E-state index contributed by atoms with van der Waals surface area (Å²) in [6.07, 6.45) is 0.231. The normalized spacial score (nSPS) is 22.2. The van der Waals surface area contributed by atoms with Gasteiger partial charge in [-0.1, -0.05) is 0 Å². The number of hydrogen-bond donors (Lipinski definition) is 0. The van der Waals surface area contributed by atoms with Gasteiger partial charge in [0.05, 0.1) is 30.9 Å². The summed E-state index contributed by atoms with van der Waals surface area (Å²) in [5.41, 5.74) is 1.45. The van der Waals surface area contributed by atoms with Crippen LogP contribution in [0, 0.1) is 11.3 Å². The molecule has 2 aliphatic rings. The number of benzene rings is 1. The number of amides is 2. The van der Waals surface area contributed by atoms with E-state index in [1.807, 2.05) is 17.0 Å². The van der Waals surface area contributed by atoms with Crippen molar-refractivity contribution >= 4 is 11.7 Å². The average molecular weight is 243 g/mol. The van der Waals surface area contributed by atoms with E-state index >= 15 is 0 Å². The van der Waals surface area contributed by atoms with Crippen molar-refractivity contribution in [2.75, 3.05) is 31.1 Å². The molecule has 0 aliphatic carbocycles. The number of ether oxygens (including phenoxy) is 1. The topological polar surface area (TPSA) is 59.9 Å². The predicted molar refractivity (Wildman–Crippen MR) is 65.2 cm³/mol. The summed E-state index contributed by atoms with van der Waals surface area (Å²) in [5, 5.41) is 8.74. The highest BCUT2D eigenvalue weighted by molar-refractivity contribution is 5.94. The molecule has 5 heteroatoms. The Morgan fingerprint density at radius 2 is 2.06 bits per heavy atom. The second-order valence-corrected chi connectivity index (χ2v) is 4.49. The quantitative estimate of drug-likeness (QED) is 0.749. The highest BCUT2D eigenvalue weighted by Crippen LogP contribution is 2.22. The van der Waals surface area contributed by atoms with E-state index in [0.717, 1.165) is 18.8 Å². The monoisotopic (exact) mass is 243 g/mol. The first-order valence-corrected chi connectivity index (χ1v) is 5.96. The fraction of sp³-hybridized carbons (Fsp3) is 0.385. The standard InChI is InChI=1S/C13H13N3O2/c14-7-10-1-3-11(4-2-10)16-6-5-15(13(16)17)8-12-9-18-12/h1-4,12H,5-6,8-9H2/t12-/m0/s1. The number of nitriles is 1. The van der Waals surface area contributed by atoms with Gasteiger partial charge in [0.15, 0.2) is 0 Å². The van der Waals surface area contributed by atoms with Crippen LogP contribution in [0.5, 0.6) is 0 Å². The maximum atomic E-state index is 12.2. The van der Waals surface area contributed by atoms with E-state index in [2.05, 4.69) is 6.07 Å². The third kappa shape index (κ3) is 2.03. The summed E-state index contributed by atoms with van der Waals surface area (Å²) in [6, 6.07) is 9.18. The number of epoxide rings is 1. The lowest BCUT2D eigenvalue weighted by Gasteiger charge is -2.17. The number of rotatable bonds is 3. The summed E-state index contributed by atoms with van der Waals surface area (Å²) in [6.45, 7) is 2.88. The first kappa shape index (κ1) is 11.1. The van der Waals surface area contributed by atoms with Crippen molar-refractivity contribution in [2.45, 2.75) is 6.10 Å². The van der Waals surface area contributed by atoms with E-state index in [1.54, 1.807) is 17.0 Å². The van der Waals surface area contributed by atoms with Crippen LogP contribution in [0.3, 0.4) is 0 Å². The molecule has 0 N–H and O–H groups in total. The molecule has 0 saturated carbocycles. The SMILES string of the molecule is N#Cc1ccc(N2CCN(C[C@H]3CO3)C2=O)cc1. The molecule has 2 fully saturated rings. The summed E-state index contributed by atoms with van der Waals surface area (Å²) in [4.78, 5) is 15.7. The van der Waals surface area contributed by atoms with Crippen LogP contribution < -0.4 is 4.90 Å². The Bertz CT molecular complexity index is 502. The Hall–Kier alpha value is -2.06. The van der Waals surface area contributed by atoms with E-state index in [-0.39, 0.29) is 12.1 Å². The van der Waals surface area contributed by atoms with Gasteiger partial charge in [-0.05, 0) is 24.3 Å². The number of anilines is 1. The maximum Gasteiger partial charge on any atom is 0.324 e. The minimum Gasteiger partial charge on any atom is -0.371 e. The molecule has 0 unspecified atom stereocenters. The lowest BCUT2D eigenvalue weighted by Crippen LogP contribution is -2.34. The smallest absolute Gasteiger partial charge is 0.324 e. The zero-order valence-corrected chi connectivity index (χ0v) is 9.87. The van der Waals surface area contributed by atoms with Crippen LogP contribution in [-0.4, -0.2) is 43.3 Å². The molecule has 2 heterocycles. The van der Waals surface area contributed by atoms with Crippen LogP contribution in [0.2, 0.25) is 0 Å². The highest BCUT2D eigenvalue weighted by atomic mass is 16.6. The van der Waals surface area contributed by atoms with Crippen molar-refractivity contribution in [2.24, 2.45) is 0 Å². The molecule has 2 saturated heterocycles. The fourth-order valence-corrected chi connectivity index (χ4v) is 2.13. The number of hydrogen-bond acceptors (Lipinski definition) is 3. The van der Waals surface area contributed by atoms with Crippen LogP contribution in [0.4, 0.5) is 10.5 Å². The van der Waals surface area contributed by atoms with Gasteiger partial charge in [0.1, 0.15) is 0 Å². The largest absolute Gasteiger partial charge is 0.371 e. The first-order chi connectivity index (χ1) is 8.78. The molecular weight excluding hydrogens is 230 g/mol. The zero-order chi connectivity index (χ0) is 12.5. The third-order valence-corrected chi connectivity index (χ3v) is 3.23. The number of urea groups is 1. The van der Waals surface area contributed by atoms with Crippen LogP contribution in [0.15, 0.2) is 24.3 Å². The summed E-state index contributed by atoms with van der Waals surface area (Å²) in [7, 11) is 0. The van der Waals surface area contributed by atoms with Gasteiger partial charge in [-0.2, -0.15) is 5.26 Å². The molecule has 0 aromatic heterocycles. The van der Waals surface area contributed by atoms with Gasteiger partial charge in [0.2, 0.25) is 0 Å². The Morgan fingerprint density at radius 3 is 2.67 bits per heavy atom. The molecule has 2 amide bonds. The van der Waals surface area contributed by atoms with Gasteiger partial charge in [-0.15, -0.1) is 0 Å². The van der Waals surface area contributed by atoms with E-state index < -0.39 is 0 Å². The van der Waals surface area contributed by atoms with Gasteiger partial charge in [0, 0.05) is 18.8 Å². The minimum absolute atomic E-state index is 0.0233. The van der Waals surface area contributed by atoms with Crippen molar-refractivity contribution in [1.29, 1.82) is 5.26 Å². The number of nitrogens with zero attached hydrogens (tertiary/aromatic N) is 3. The molecular formula is C13H13N3O2.